The number of hydrogen-bond acceptors (Lipinski definition) is 4. The van der Waals surface area contributed by atoms with Gasteiger partial charge in [-0.15, -0.1) is 0 Å². The lowest BCUT2D eigenvalue weighted by atomic mass is 9.38. The fraction of sp³-hybridized carbons (Fsp3) is 0.636. The highest BCUT2D eigenvalue weighted by Gasteiger charge is 2.74. The maximum absolute atomic E-state index is 11.0. The Kier molecular flexibility index (Phi) is 2.42. The van der Waals surface area contributed by atoms with Gasteiger partial charge >= 0.3 is 23.9 Å². The highest BCUT2D eigenvalue weighted by Crippen LogP contribution is 2.70. The minimum absolute atomic E-state index is 0.215. The molecule has 0 unspecified atom stereocenters. The second-order valence-corrected chi connectivity index (χ2v) is 5.59. The Labute approximate surface area is 106 Å². The van der Waals surface area contributed by atoms with Gasteiger partial charge in [-0.25, -0.2) is 0 Å². The highest BCUT2D eigenvalue weighted by molar-refractivity contribution is 6.02. The summed E-state index contributed by atoms with van der Waals surface area (Å²) in [5.74, 6) is -5.86. The third kappa shape index (κ3) is 1.45. The first-order valence-electron chi connectivity index (χ1n) is 5.54. The van der Waals surface area contributed by atoms with Crippen molar-refractivity contribution in [2.45, 2.75) is 25.7 Å². The summed E-state index contributed by atoms with van der Waals surface area (Å²) in [4.78, 5) is 44.0. The lowest BCUT2D eigenvalue weighted by Gasteiger charge is -2.62. The van der Waals surface area contributed by atoms with Gasteiger partial charge in [-0.3, -0.25) is 19.2 Å². The number of carbonyl (C=O) groups is 4. The van der Waals surface area contributed by atoms with Crippen LogP contribution in [0.2, 0.25) is 0 Å². The molecular formula is C11H12O8. The Balaban J connectivity index is 2.15. The van der Waals surface area contributed by atoms with Crippen LogP contribution in [0, 0.1) is 16.2 Å². The molecule has 8 nitrogen and oxygen atoms in total. The summed E-state index contributed by atoms with van der Waals surface area (Å²) in [6, 6.07) is 0. The molecular weight excluding hydrogens is 260 g/mol. The molecule has 0 aromatic carbocycles. The van der Waals surface area contributed by atoms with Crippen LogP contribution in [0.1, 0.15) is 25.7 Å². The monoisotopic (exact) mass is 272 g/mol. The highest BCUT2D eigenvalue weighted by atomic mass is 16.4. The van der Waals surface area contributed by atoms with E-state index in [-0.39, 0.29) is 25.7 Å². The predicted molar refractivity (Wildman–Crippen MR) is 56.3 cm³/mol. The molecule has 0 amide bonds. The average molecular weight is 272 g/mol. The van der Waals surface area contributed by atoms with E-state index < -0.39 is 40.1 Å². The van der Waals surface area contributed by atoms with Crippen LogP contribution in [0.25, 0.3) is 0 Å². The number of carboxylic acids is 4. The Morgan fingerprint density at radius 2 is 0.789 bits per heavy atom. The summed E-state index contributed by atoms with van der Waals surface area (Å²) in [5, 5.41) is 35.8. The lowest BCUT2D eigenvalue weighted by Crippen LogP contribution is -2.66. The van der Waals surface area contributed by atoms with Gasteiger partial charge in [-0.2, -0.15) is 0 Å². The van der Waals surface area contributed by atoms with E-state index in [2.05, 4.69) is 0 Å². The molecule has 0 radical (unpaired) electrons. The summed E-state index contributed by atoms with van der Waals surface area (Å²) in [5.41, 5.74) is -4.58. The van der Waals surface area contributed by atoms with E-state index in [1.165, 1.54) is 0 Å². The van der Waals surface area contributed by atoms with Crippen molar-refractivity contribution in [2.24, 2.45) is 16.2 Å². The molecule has 2 aliphatic rings. The van der Waals surface area contributed by atoms with Crippen LogP contribution in [0.15, 0.2) is 0 Å². The van der Waals surface area contributed by atoms with Crippen molar-refractivity contribution in [2.75, 3.05) is 0 Å². The number of rotatable bonds is 4. The van der Waals surface area contributed by atoms with Crippen LogP contribution in [0.4, 0.5) is 0 Å². The molecule has 0 aromatic rings. The molecule has 19 heavy (non-hydrogen) atoms. The van der Waals surface area contributed by atoms with Gasteiger partial charge in [0.2, 0.25) is 0 Å². The topological polar surface area (TPSA) is 149 Å². The van der Waals surface area contributed by atoms with Gasteiger partial charge in [0.05, 0.1) is 0 Å². The minimum Gasteiger partial charge on any atom is -0.480 e. The summed E-state index contributed by atoms with van der Waals surface area (Å²) >= 11 is 0. The van der Waals surface area contributed by atoms with Crippen LogP contribution < -0.4 is 0 Å². The third-order valence-electron chi connectivity index (χ3n) is 4.34. The van der Waals surface area contributed by atoms with Gasteiger partial charge < -0.3 is 20.4 Å². The van der Waals surface area contributed by atoms with Crippen LogP contribution in [0.5, 0.6) is 0 Å². The molecule has 2 aliphatic carbocycles. The van der Waals surface area contributed by atoms with E-state index in [9.17, 15) is 19.2 Å². The molecule has 0 bridgehead atoms. The quantitative estimate of drug-likeness (QED) is 0.517. The first-order chi connectivity index (χ1) is 8.60. The molecule has 1 spiro atoms. The average Bonchev–Trinajstić information content (AvgIpc) is 2.11. The Bertz CT molecular complexity index is 411. The molecule has 0 saturated heterocycles. The Hall–Kier alpha value is -2.12. The summed E-state index contributed by atoms with van der Waals surface area (Å²) in [6.45, 7) is 0. The lowest BCUT2D eigenvalue weighted by molar-refractivity contribution is -0.217. The molecule has 8 heteroatoms. The van der Waals surface area contributed by atoms with E-state index in [1.54, 1.807) is 0 Å². The van der Waals surface area contributed by atoms with Crippen LogP contribution in [-0.4, -0.2) is 44.3 Å². The van der Waals surface area contributed by atoms with Crippen molar-refractivity contribution in [3.63, 3.8) is 0 Å². The SMILES string of the molecule is O=C(O)C1(C(=O)O)CC2(C1)CC(C(=O)O)(C(=O)O)C2. The molecule has 2 fully saturated rings. The summed E-state index contributed by atoms with van der Waals surface area (Å²) in [6.07, 6.45) is -0.861. The summed E-state index contributed by atoms with van der Waals surface area (Å²) in [7, 11) is 0. The van der Waals surface area contributed by atoms with E-state index in [1.807, 2.05) is 0 Å². The Morgan fingerprint density at radius 3 is 0.947 bits per heavy atom. The fourth-order valence-electron chi connectivity index (χ4n) is 3.49. The van der Waals surface area contributed by atoms with Gasteiger partial charge in [0.25, 0.3) is 0 Å². The van der Waals surface area contributed by atoms with Gasteiger partial charge in [0, 0.05) is 0 Å². The fourth-order valence-corrected chi connectivity index (χ4v) is 3.49. The van der Waals surface area contributed by atoms with Crippen molar-refractivity contribution < 1.29 is 39.6 Å². The van der Waals surface area contributed by atoms with E-state index in [0.717, 1.165) is 0 Å². The smallest absolute Gasteiger partial charge is 0.321 e. The van der Waals surface area contributed by atoms with Gasteiger partial charge in [0.15, 0.2) is 10.8 Å². The molecule has 0 atom stereocenters. The van der Waals surface area contributed by atoms with Crippen LogP contribution >= 0.6 is 0 Å². The van der Waals surface area contributed by atoms with E-state index in [4.69, 9.17) is 20.4 Å². The van der Waals surface area contributed by atoms with Crippen molar-refractivity contribution in [1.29, 1.82) is 0 Å². The van der Waals surface area contributed by atoms with Crippen molar-refractivity contribution in [1.82, 2.24) is 0 Å². The zero-order chi connectivity index (χ0) is 14.6. The molecule has 0 aliphatic heterocycles. The summed E-state index contributed by atoms with van der Waals surface area (Å²) < 4.78 is 0. The van der Waals surface area contributed by atoms with E-state index >= 15 is 0 Å². The second kappa shape index (κ2) is 3.46. The van der Waals surface area contributed by atoms with Crippen LogP contribution in [0.3, 0.4) is 0 Å². The number of carboxylic acid groups (broad SMARTS) is 4. The molecule has 4 N–H and O–H groups in total. The number of hydrogen-bond donors (Lipinski definition) is 4. The number of aliphatic carboxylic acids is 4. The van der Waals surface area contributed by atoms with Gasteiger partial charge in [-0.1, -0.05) is 0 Å². The predicted octanol–water partition coefficient (Wildman–Crippen LogP) is -0.128. The third-order valence-corrected chi connectivity index (χ3v) is 4.34. The normalized spacial score (nSPS) is 24.8. The standard InChI is InChI=1S/C11H12O8/c12-5(13)10(6(14)15)1-9(2-10)3-11(4-9,7(16)17)8(18)19/h1-4H2,(H,12,13)(H,14,15)(H,16,17)(H,18,19). The molecule has 0 heterocycles. The van der Waals surface area contributed by atoms with Crippen molar-refractivity contribution in [3.8, 4) is 0 Å². The first-order valence-corrected chi connectivity index (χ1v) is 5.54. The first kappa shape index (κ1) is 13.3. The molecule has 2 rings (SSSR count). The van der Waals surface area contributed by atoms with Gasteiger partial charge in [-0.05, 0) is 31.1 Å². The molecule has 104 valence electrons. The molecule has 0 aromatic heterocycles. The molecule has 2 saturated carbocycles. The Morgan fingerprint density at radius 1 is 0.579 bits per heavy atom. The maximum Gasteiger partial charge on any atom is 0.321 e. The largest absolute Gasteiger partial charge is 0.480 e. The zero-order valence-electron chi connectivity index (χ0n) is 9.75. The minimum atomic E-state index is -1.90. The second-order valence-electron chi connectivity index (χ2n) is 5.59. The van der Waals surface area contributed by atoms with E-state index in [0.29, 0.717) is 0 Å². The van der Waals surface area contributed by atoms with Gasteiger partial charge in [0.1, 0.15) is 0 Å². The van der Waals surface area contributed by atoms with Crippen molar-refractivity contribution in [3.05, 3.63) is 0 Å². The van der Waals surface area contributed by atoms with Crippen molar-refractivity contribution >= 4 is 23.9 Å². The van der Waals surface area contributed by atoms with Crippen LogP contribution in [-0.2, 0) is 19.2 Å². The zero-order valence-corrected chi connectivity index (χ0v) is 9.75. The maximum atomic E-state index is 11.0.